The number of hydrogen-bond acceptors (Lipinski definition) is 5. The average Bonchev–Trinajstić information content (AvgIpc) is 3.44. The van der Waals surface area contributed by atoms with E-state index in [4.69, 9.17) is 4.52 Å². The summed E-state index contributed by atoms with van der Waals surface area (Å²) >= 11 is 0. The molecule has 0 aliphatic carbocycles. The van der Waals surface area contributed by atoms with Gasteiger partial charge in [0.05, 0.1) is 12.1 Å². The zero-order valence-electron chi connectivity index (χ0n) is 15.9. The lowest BCUT2D eigenvalue weighted by Gasteiger charge is -2.15. The Hall–Kier alpha value is -3.36. The SMILES string of the molecule is O=C(c1cccc(NCc2nc(-c3ccc(C(F)(F)F)cc3)no2)c1)N1CCCC1. The molecule has 0 unspecified atom stereocenters. The molecule has 1 aliphatic rings. The maximum atomic E-state index is 12.7. The first kappa shape index (κ1) is 19.9. The second kappa shape index (κ2) is 8.17. The fraction of sp³-hybridized carbons (Fsp3) is 0.286. The van der Waals surface area contributed by atoms with Crippen molar-refractivity contribution in [3.05, 3.63) is 65.5 Å². The summed E-state index contributed by atoms with van der Waals surface area (Å²) in [6, 6.07) is 11.7. The molecule has 2 heterocycles. The topological polar surface area (TPSA) is 71.3 Å². The molecule has 1 aromatic heterocycles. The summed E-state index contributed by atoms with van der Waals surface area (Å²) in [7, 11) is 0. The highest BCUT2D eigenvalue weighted by Gasteiger charge is 2.30. The van der Waals surface area contributed by atoms with Crippen molar-refractivity contribution in [3.63, 3.8) is 0 Å². The Bertz CT molecular complexity index is 1030. The van der Waals surface area contributed by atoms with Crippen LogP contribution in [0.4, 0.5) is 18.9 Å². The minimum absolute atomic E-state index is 0.0125. The Morgan fingerprint density at radius 1 is 1.10 bits per heavy atom. The van der Waals surface area contributed by atoms with Gasteiger partial charge in [-0.1, -0.05) is 23.4 Å². The van der Waals surface area contributed by atoms with Crippen molar-refractivity contribution in [1.29, 1.82) is 0 Å². The molecular formula is C21H19F3N4O2. The van der Waals surface area contributed by atoms with Crippen LogP contribution in [0.25, 0.3) is 11.4 Å². The molecular weight excluding hydrogens is 397 g/mol. The van der Waals surface area contributed by atoms with E-state index >= 15 is 0 Å². The molecule has 1 aliphatic heterocycles. The zero-order valence-corrected chi connectivity index (χ0v) is 15.9. The molecule has 1 amide bonds. The second-order valence-electron chi connectivity index (χ2n) is 7.02. The van der Waals surface area contributed by atoms with Crippen LogP contribution < -0.4 is 5.32 Å². The van der Waals surface area contributed by atoms with Crippen molar-refractivity contribution in [2.45, 2.75) is 25.6 Å². The first-order valence-corrected chi connectivity index (χ1v) is 9.53. The van der Waals surface area contributed by atoms with Crippen LogP contribution in [0.5, 0.6) is 0 Å². The standard InChI is InChI=1S/C21H19F3N4O2/c22-21(23,24)16-8-6-14(7-9-16)19-26-18(30-27-19)13-25-17-5-3-4-15(12-17)20(29)28-10-1-2-11-28/h3-9,12,25H,1-2,10-11,13H2. The Morgan fingerprint density at radius 3 is 2.53 bits per heavy atom. The molecule has 6 nitrogen and oxygen atoms in total. The van der Waals surface area contributed by atoms with Crippen LogP contribution in [0.2, 0.25) is 0 Å². The Labute approximate surface area is 170 Å². The summed E-state index contributed by atoms with van der Waals surface area (Å²) < 4.78 is 43.2. The fourth-order valence-electron chi connectivity index (χ4n) is 3.29. The van der Waals surface area contributed by atoms with Gasteiger partial charge in [0.2, 0.25) is 11.7 Å². The number of halogens is 3. The molecule has 0 spiro atoms. The summed E-state index contributed by atoms with van der Waals surface area (Å²) in [4.78, 5) is 18.6. The number of aromatic nitrogens is 2. The van der Waals surface area contributed by atoms with E-state index in [0.717, 1.165) is 43.8 Å². The van der Waals surface area contributed by atoms with Gasteiger partial charge >= 0.3 is 6.18 Å². The van der Waals surface area contributed by atoms with Gasteiger partial charge in [-0.2, -0.15) is 18.2 Å². The monoisotopic (exact) mass is 416 g/mol. The molecule has 3 aromatic rings. The number of amides is 1. The van der Waals surface area contributed by atoms with Gasteiger partial charge in [-0.3, -0.25) is 4.79 Å². The van der Waals surface area contributed by atoms with Crippen LogP contribution in [0, 0.1) is 0 Å². The van der Waals surface area contributed by atoms with Gasteiger partial charge in [0, 0.05) is 29.9 Å². The first-order valence-electron chi connectivity index (χ1n) is 9.53. The summed E-state index contributed by atoms with van der Waals surface area (Å²) in [5.41, 5.74) is 1.03. The number of anilines is 1. The minimum atomic E-state index is -4.39. The number of nitrogens with one attached hydrogen (secondary N) is 1. The van der Waals surface area contributed by atoms with Gasteiger partial charge in [-0.15, -0.1) is 0 Å². The lowest BCUT2D eigenvalue weighted by atomic mass is 10.1. The Morgan fingerprint density at radius 2 is 1.83 bits per heavy atom. The summed E-state index contributed by atoms with van der Waals surface area (Å²) in [5, 5.41) is 6.95. The fourth-order valence-corrected chi connectivity index (χ4v) is 3.29. The van der Waals surface area contributed by atoms with Gasteiger partial charge < -0.3 is 14.7 Å². The third kappa shape index (κ3) is 4.45. The summed E-state index contributed by atoms with van der Waals surface area (Å²) in [5.74, 6) is 0.498. The van der Waals surface area contributed by atoms with Crippen molar-refractivity contribution in [1.82, 2.24) is 15.0 Å². The maximum absolute atomic E-state index is 12.7. The molecule has 9 heteroatoms. The molecule has 0 radical (unpaired) electrons. The average molecular weight is 416 g/mol. The maximum Gasteiger partial charge on any atom is 0.416 e. The van der Waals surface area contributed by atoms with Crippen LogP contribution in [-0.4, -0.2) is 34.0 Å². The molecule has 30 heavy (non-hydrogen) atoms. The third-order valence-electron chi connectivity index (χ3n) is 4.89. The summed E-state index contributed by atoms with van der Waals surface area (Å²) in [6.45, 7) is 1.78. The second-order valence-corrected chi connectivity index (χ2v) is 7.02. The number of alkyl halides is 3. The summed E-state index contributed by atoms with van der Waals surface area (Å²) in [6.07, 6.45) is -2.33. The molecule has 1 fully saturated rings. The quantitative estimate of drug-likeness (QED) is 0.658. The first-order chi connectivity index (χ1) is 14.4. The lowest BCUT2D eigenvalue weighted by Crippen LogP contribution is -2.27. The number of likely N-dealkylation sites (tertiary alicyclic amines) is 1. The normalized spacial score (nSPS) is 14.2. The van der Waals surface area contributed by atoms with Crippen molar-refractivity contribution in [2.24, 2.45) is 0 Å². The molecule has 156 valence electrons. The van der Waals surface area contributed by atoms with E-state index < -0.39 is 11.7 Å². The van der Waals surface area contributed by atoms with Gasteiger partial charge in [-0.25, -0.2) is 0 Å². The number of carbonyl (C=O) groups is 1. The molecule has 2 aromatic carbocycles. The Kier molecular flexibility index (Phi) is 5.43. The van der Waals surface area contributed by atoms with Gasteiger partial charge in [0.15, 0.2) is 0 Å². The van der Waals surface area contributed by atoms with E-state index in [2.05, 4.69) is 15.5 Å². The number of rotatable bonds is 5. The number of hydrogen-bond donors (Lipinski definition) is 1. The van der Waals surface area contributed by atoms with Crippen LogP contribution >= 0.6 is 0 Å². The third-order valence-corrected chi connectivity index (χ3v) is 4.89. The zero-order chi connectivity index (χ0) is 21.1. The molecule has 1 saturated heterocycles. The van der Waals surface area contributed by atoms with E-state index in [1.165, 1.54) is 12.1 Å². The van der Waals surface area contributed by atoms with Crippen molar-refractivity contribution in [2.75, 3.05) is 18.4 Å². The van der Waals surface area contributed by atoms with Crippen LogP contribution in [0.1, 0.15) is 34.7 Å². The highest BCUT2D eigenvalue weighted by Crippen LogP contribution is 2.30. The number of benzene rings is 2. The number of carbonyl (C=O) groups excluding carboxylic acids is 1. The van der Waals surface area contributed by atoms with E-state index in [1.54, 1.807) is 18.2 Å². The predicted molar refractivity (Wildman–Crippen MR) is 104 cm³/mol. The predicted octanol–water partition coefficient (Wildman–Crippen LogP) is 4.60. The van der Waals surface area contributed by atoms with Crippen molar-refractivity contribution < 1.29 is 22.5 Å². The largest absolute Gasteiger partial charge is 0.416 e. The van der Waals surface area contributed by atoms with Crippen molar-refractivity contribution >= 4 is 11.6 Å². The lowest BCUT2D eigenvalue weighted by molar-refractivity contribution is -0.137. The smallest absolute Gasteiger partial charge is 0.376 e. The van der Waals surface area contributed by atoms with Crippen LogP contribution in [0.15, 0.2) is 53.1 Å². The number of nitrogens with zero attached hydrogens (tertiary/aromatic N) is 3. The van der Waals surface area contributed by atoms with E-state index in [-0.39, 0.29) is 24.2 Å². The molecule has 0 atom stereocenters. The highest BCUT2D eigenvalue weighted by molar-refractivity contribution is 5.95. The molecule has 0 saturated carbocycles. The molecule has 4 rings (SSSR count). The van der Waals surface area contributed by atoms with E-state index in [1.807, 2.05) is 11.0 Å². The van der Waals surface area contributed by atoms with Gasteiger partial charge in [0.1, 0.15) is 0 Å². The van der Waals surface area contributed by atoms with Gasteiger partial charge in [-0.05, 0) is 43.2 Å². The van der Waals surface area contributed by atoms with Crippen molar-refractivity contribution in [3.8, 4) is 11.4 Å². The molecule has 0 bridgehead atoms. The molecule has 1 N–H and O–H groups in total. The highest BCUT2D eigenvalue weighted by atomic mass is 19.4. The van der Waals surface area contributed by atoms with Gasteiger partial charge in [0.25, 0.3) is 5.91 Å². The van der Waals surface area contributed by atoms with Crippen LogP contribution in [-0.2, 0) is 12.7 Å². The van der Waals surface area contributed by atoms with E-state index in [0.29, 0.717) is 11.1 Å². The van der Waals surface area contributed by atoms with Crippen LogP contribution in [0.3, 0.4) is 0 Å². The van der Waals surface area contributed by atoms with E-state index in [9.17, 15) is 18.0 Å². The Balaban J connectivity index is 1.40. The minimum Gasteiger partial charge on any atom is -0.376 e.